The van der Waals surface area contributed by atoms with Crippen LogP contribution in [-0.2, 0) is 6.42 Å². The molecule has 27 heavy (non-hydrogen) atoms. The minimum absolute atomic E-state index is 0.607. The van der Waals surface area contributed by atoms with Crippen LogP contribution in [0.2, 0.25) is 0 Å². The fraction of sp³-hybridized carbons (Fsp3) is 0.269. The number of fused-ring (bicyclic) bond motifs is 2. The largest absolute Gasteiger partial charge is 0.248 e. The van der Waals surface area contributed by atoms with Crippen LogP contribution in [-0.4, -0.2) is 4.98 Å². The van der Waals surface area contributed by atoms with Gasteiger partial charge < -0.3 is 0 Å². The maximum Gasteiger partial charge on any atom is 0.0718 e. The van der Waals surface area contributed by atoms with Crippen molar-refractivity contribution in [2.24, 2.45) is 5.92 Å². The lowest BCUT2D eigenvalue weighted by atomic mass is 9.94. The van der Waals surface area contributed by atoms with Crippen molar-refractivity contribution in [1.82, 2.24) is 4.98 Å². The van der Waals surface area contributed by atoms with Gasteiger partial charge in [0.25, 0.3) is 0 Å². The molecule has 0 N–H and O–H groups in total. The van der Waals surface area contributed by atoms with Crippen LogP contribution < -0.4 is 0 Å². The maximum atomic E-state index is 5.07. The Bertz CT molecular complexity index is 1130. The van der Waals surface area contributed by atoms with Gasteiger partial charge in [-0.25, -0.2) is 4.98 Å². The lowest BCUT2D eigenvalue weighted by Gasteiger charge is -2.14. The van der Waals surface area contributed by atoms with E-state index in [4.69, 9.17) is 4.98 Å². The molecule has 0 radical (unpaired) electrons. The average Bonchev–Trinajstić information content (AvgIpc) is 2.59. The molecule has 0 aliphatic carbocycles. The lowest BCUT2D eigenvalue weighted by Crippen LogP contribution is -1.98. The van der Waals surface area contributed by atoms with Gasteiger partial charge in [-0.3, -0.25) is 0 Å². The molecule has 136 valence electrons. The third-order valence-electron chi connectivity index (χ3n) is 5.15. The second-order valence-electron chi connectivity index (χ2n) is 8.36. The van der Waals surface area contributed by atoms with Gasteiger partial charge in [0.1, 0.15) is 0 Å². The first-order valence-electron chi connectivity index (χ1n) is 9.82. The summed E-state index contributed by atoms with van der Waals surface area (Å²) in [5.74, 6) is 0.607. The number of rotatable bonds is 3. The van der Waals surface area contributed by atoms with E-state index in [0.717, 1.165) is 17.6 Å². The molecule has 0 fully saturated rings. The van der Waals surface area contributed by atoms with Crippen molar-refractivity contribution in [1.29, 1.82) is 0 Å². The standard InChI is InChI=1S/C26H27N/c1-16(2)8-22-15-25(23-11-18(4)9-19(5)12-23)27-26-14-20-7-6-17(3)10-21(20)13-24(22)26/h6-7,9-16H,8H2,1-5H3. The zero-order chi connectivity index (χ0) is 19.1. The van der Waals surface area contributed by atoms with Crippen molar-refractivity contribution < 1.29 is 0 Å². The van der Waals surface area contributed by atoms with Gasteiger partial charge in [-0.05, 0) is 79.8 Å². The molecular weight excluding hydrogens is 326 g/mol. The van der Waals surface area contributed by atoms with Gasteiger partial charge in [-0.2, -0.15) is 0 Å². The molecule has 0 amide bonds. The van der Waals surface area contributed by atoms with Gasteiger partial charge in [0, 0.05) is 10.9 Å². The van der Waals surface area contributed by atoms with Crippen LogP contribution in [0.4, 0.5) is 0 Å². The van der Waals surface area contributed by atoms with Crippen molar-refractivity contribution in [3.05, 3.63) is 76.9 Å². The Morgan fingerprint density at radius 2 is 1.48 bits per heavy atom. The van der Waals surface area contributed by atoms with E-state index in [1.54, 1.807) is 0 Å². The summed E-state index contributed by atoms with van der Waals surface area (Å²) in [6.45, 7) is 11.0. The summed E-state index contributed by atoms with van der Waals surface area (Å²) in [6.07, 6.45) is 1.06. The third-order valence-corrected chi connectivity index (χ3v) is 5.15. The minimum atomic E-state index is 0.607. The lowest BCUT2D eigenvalue weighted by molar-refractivity contribution is 0.650. The van der Waals surface area contributed by atoms with E-state index in [1.807, 2.05) is 0 Å². The summed E-state index contributed by atoms with van der Waals surface area (Å²) < 4.78 is 0. The first kappa shape index (κ1) is 17.7. The molecule has 4 aromatic rings. The van der Waals surface area contributed by atoms with E-state index in [9.17, 15) is 0 Å². The second-order valence-corrected chi connectivity index (χ2v) is 8.36. The van der Waals surface area contributed by atoms with E-state index in [2.05, 4.69) is 89.2 Å². The number of nitrogens with zero attached hydrogens (tertiary/aromatic N) is 1. The molecule has 3 aromatic carbocycles. The molecule has 4 rings (SSSR count). The number of aromatic nitrogens is 1. The maximum absolute atomic E-state index is 5.07. The Balaban J connectivity index is 2.00. The molecule has 1 nitrogen and oxygen atoms in total. The molecule has 0 aliphatic rings. The molecule has 1 aromatic heterocycles. The molecule has 0 bridgehead atoms. The van der Waals surface area contributed by atoms with E-state index >= 15 is 0 Å². The fourth-order valence-electron chi connectivity index (χ4n) is 4.04. The Morgan fingerprint density at radius 1 is 0.741 bits per heavy atom. The Labute approximate surface area is 162 Å². The summed E-state index contributed by atoms with van der Waals surface area (Å²) in [4.78, 5) is 5.07. The number of pyridine rings is 1. The molecule has 1 heteroatoms. The van der Waals surface area contributed by atoms with Gasteiger partial charge >= 0.3 is 0 Å². The van der Waals surface area contributed by atoms with Gasteiger partial charge in [-0.1, -0.05) is 54.8 Å². The van der Waals surface area contributed by atoms with Crippen LogP contribution in [0.3, 0.4) is 0 Å². The fourth-order valence-corrected chi connectivity index (χ4v) is 4.04. The molecule has 0 saturated carbocycles. The van der Waals surface area contributed by atoms with Gasteiger partial charge in [-0.15, -0.1) is 0 Å². The highest BCUT2D eigenvalue weighted by Crippen LogP contribution is 2.31. The molecule has 0 unspecified atom stereocenters. The van der Waals surface area contributed by atoms with E-state index in [-0.39, 0.29) is 0 Å². The van der Waals surface area contributed by atoms with Crippen LogP contribution in [0.25, 0.3) is 32.9 Å². The van der Waals surface area contributed by atoms with Gasteiger partial charge in [0.05, 0.1) is 11.2 Å². The highest BCUT2D eigenvalue weighted by molar-refractivity contribution is 5.99. The Morgan fingerprint density at radius 3 is 2.19 bits per heavy atom. The zero-order valence-corrected chi connectivity index (χ0v) is 16.9. The van der Waals surface area contributed by atoms with Crippen LogP contribution in [0.5, 0.6) is 0 Å². The molecule has 0 saturated heterocycles. The normalized spacial score (nSPS) is 11.6. The molecule has 0 spiro atoms. The summed E-state index contributed by atoms with van der Waals surface area (Å²) in [7, 11) is 0. The van der Waals surface area contributed by atoms with Crippen molar-refractivity contribution >= 4 is 21.7 Å². The van der Waals surface area contributed by atoms with Gasteiger partial charge in [0.15, 0.2) is 0 Å². The second kappa shape index (κ2) is 6.81. The summed E-state index contributed by atoms with van der Waals surface area (Å²) in [5.41, 5.74) is 8.65. The van der Waals surface area contributed by atoms with Crippen LogP contribution in [0, 0.1) is 26.7 Å². The highest BCUT2D eigenvalue weighted by atomic mass is 14.7. The summed E-state index contributed by atoms with van der Waals surface area (Å²) >= 11 is 0. The Kier molecular flexibility index (Phi) is 4.47. The van der Waals surface area contributed by atoms with Crippen LogP contribution in [0.1, 0.15) is 36.1 Å². The van der Waals surface area contributed by atoms with E-state index in [1.165, 1.54) is 44.0 Å². The minimum Gasteiger partial charge on any atom is -0.248 e. The molecule has 1 heterocycles. The van der Waals surface area contributed by atoms with Crippen LogP contribution in [0.15, 0.2) is 54.6 Å². The Hall–Kier alpha value is -2.67. The highest BCUT2D eigenvalue weighted by Gasteiger charge is 2.11. The first-order valence-corrected chi connectivity index (χ1v) is 9.82. The van der Waals surface area contributed by atoms with Crippen molar-refractivity contribution in [2.45, 2.75) is 41.0 Å². The average molecular weight is 354 g/mol. The van der Waals surface area contributed by atoms with E-state index in [0.29, 0.717) is 5.92 Å². The molecular formula is C26H27N. The number of benzene rings is 3. The summed E-state index contributed by atoms with van der Waals surface area (Å²) in [5, 5.41) is 3.84. The smallest absolute Gasteiger partial charge is 0.0718 e. The number of aryl methyl sites for hydroxylation is 3. The molecule has 0 aliphatic heterocycles. The predicted octanol–water partition coefficient (Wildman–Crippen LogP) is 7.18. The first-order chi connectivity index (χ1) is 12.9. The van der Waals surface area contributed by atoms with E-state index < -0.39 is 0 Å². The summed E-state index contributed by atoms with van der Waals surface area (Å²) in [6, 6.07) is 20.2. The van der Waals surface area contributed by atoms with Crippen LogP contribution >= 0.6 is 0 Å². The number of hydrogen-bond donors (Lipinski definition) is 0. The van der Waals surface area contributed by atoms with Crippen molar-refractivity contribution in [3.63, 3.8) is 0 Å². The quantitative estimate of drug-likeness (QED) is 0.355. The van der Waals surface area contributed by atoms with Crippen molar-refractivity contribution in [2.75, 3.05) is 0 Å². The zero-order valence-electron chi connectivity index (χ0n) is 16.9. The predicted molar refractivity (Wildman–Crippen MR) is 117 cm³/mol. The van der Waals surface area contributed by atoms with Crippen molar-refractivity contribution in [3.8, 4) is 11.3 Å². The topological polar surface area (TPSA) is 12.9 Å². The monoisotopic (exact) mass is 353 g/mol. The SMILES string of the molecule is Cc1cc(C)cc(-c2cc(CC(C)C)c3cc4cc(C)ccc4cc3n2)c1. The molecule has 0 atom stereocenters. The third kappa shape index (κ3) is 3.60. The number of hydrogen-bond acceptors (Lipinski definition) is 1. The van der Waals surface area contributed by atoms with Gasteiger partial charge in [0.2, 0.25) is 0 Å².